The molecule has 2 amide bonds. The van der Waals surface area contributed by atoms with Gasteiger partial charge >= 0.3 is 0 Å². The molecule has 0 unspecified atom stereocenters. The predicted molar refractivity (Wildman–Crippen MR) is 147 cm³/mol. The lowest BCUT2D eigenvalue weighted by Crippen LogP contribution is -2.48. The van der Waals surface area contributed by atoms with E-state index in [-0.39, 0.29) is 24.8 Å². The smallest absolute Gasteiger partial charge is 0.265 e. The lowest BCUT2D eigenvalue weighted by Gasteiger charge is -2.29. The monoisotopic (exact) mass is 521 g/mol. The topological polar surface area (TPSA) is 86.8 Å². The molecule has 0 aliphatic carbocycles. The van der Waals surface area contributed by atoms with Crippen LogP contribution in [-0.4, -0.2) is 44.3 Å². The molecule has 0 bridgehead atoms. The molecule has 0 fully saturated rings. The van der Waals surface area contributed by atoms with Gasteiger partial charge < -0.3 is 10.2 Å². The van der Waals surface area contributed by atoms with Crippen molar-refractivity contribution in [1.82, 2.24) is 10.2 Å². The minimum atomic E-state index is -3.67. The number of amides is 2. The van der Waals surface area contributed by atoms with Crippen molar-refractivity contribution in [2.45, 2.75) is 63.9 Å². The number of aryl methyl sites for hydroxylation is 1. The summed E-state index contributed by atoms with van der Waals surface area (Å²) in [5.74, 6) is -0.353. The van der Waals surface area contributed by atoms with Crippen LogP contribution in [0.5, 0.6) is 0 Å². The molecule has 0 aromatic heterocycles. The number of nitrogens with zero attached hydrogens (tertiary/aromatic N) is 2. The van der Waals surface area contributed by atoms with E-state index in [2.05, 4.69) is 12.2 Å². The number of sulfonamides is 1. The first-order valence-corrected chi connectivity index (χ1v) is 14.4. The van der Waals surface area contributed by atoms with Crippen LogP contribution in [0.1, 0.15) is 50.7 Å². The highest BCUT2D eigenvalue weighted by Gasteiger charge is 2.35. The molecule has 1 aliphatic heterocycles. The molecule has 3 aromatic rings. The standard InChI is InChI=1S/C29H35N3O4S/c1-4-5-18-30-29(34)22(3)31(20-24-12-7-6-11-21(24)2)27(33)17-10-19-32-25-15-8-13-23-14-9-16-26(28(23)25)37(32,35)36/h6-9,11-16,22H,4-5,10,17-20H2,1-3H3,(H,30,34)/t22-/m1/s1. The minimum Gasteiger partial charge on any atom is -0.354 e. The Hall–Kier alpha value is -3.39. The summed E-state index contributed by atoms with van der Waals surface area (Å²) in [6, 6.07) is 18.0. The average molecular weight is 522 g/mol. The van der Waals surface area contributed by atoms with Gasteiger partial charge in [-0.1, -0.05) is 61.9 Å². The van der Waals surface area contributed by atoms with Crippen LogP contribution in [-0.2, 0) is 26.2 Å². The molecule has 0 radical (unpaired) electrons. The van der Waals surface area contributed by atoms with Crippen LogP contribution in [0.15, 0.2) is 65.6 Å². The maximum Gasteiger partial charge on any atom is 0.265 e. The number of rotatable bonds is 11. The number of nitrogens with one attached hydrogen (secondary N) is 1. The van der Waals surface area contributed by atoms with E-state index >= 15 is 0 Å². The summed E-state index contributed by atoms with van der Waals surface area (Å²) in [5.41, 5.74) is 2.68. The third kappa shape index (κ3) is 5.49. The summed E-state index contributed by atoms with van der Waals surface area (Å²) in [5, 5.41) is 4.54. The van der Waals surface area contributed by atoms with E-state index in [0.29, 0.717) is 30.1 Å². The Labute approximate surface area is 219 Å². The molecule has 0 spiro atoms. The molecule has 3 aromatic carbocycles. The highest BCUT2D eigenvalue weighted by molar-refractivity contribution is 7.93. The summed E-state index contributed by atoms with van der Waals surface area (Å²) < 4.78 is 27.9. The number of carbonyl (C=O) groups excluding carboxylic acids is 2. The Morgan fingerprint density at radius 3 is 2.46 bits per heavy atom. The van der Waals surface area contributed by atoms with Gasteiger partial charge in [0.15, 0.2) is 0 Å². The lowest BCUT2D eigenvalue weighted by atomic mass is 10.1. The van der Waals surface area contributed by atoms with Crippen LogP contribution in [0.4, 0.5) is 5.69 Å². The molecule has 4 rings (SSSR count). The molecule has 1 heterocycles. The summed E-state index contributed by atoms with van der Waals surface area (Å²) >= 11 is 0. The van der Waals surface area contributed by atoms with Gasteiger partial charge in [0.2, 0.25) is 11.8 Å². The molecular weight excluding hydrogens is 486 g/mol. The second-order valence-electron chi connectivity index (χ2n) is 9.58. The number of unbranched alkanes of at least 4 members (excludes halogenated alkanes) is 1. The van der Waals surface area contributed by atoms with Crippen LogP contribution in [0.25, 0.3) is 10.8 Å². The number of hydrogen-bond acceptors (Lipinski definition) is 4. The van der Waals surface area contributed by atoms with E-state index in [9.17, 15) is 18.0 Å². The molecule has 37 heavy (non-hydrogen) atoms. The van der Waals surface area contributed by atoms with Gasteiger partial charge in [-0.25, -0.2) is 8.42 Å². The molecule has 196 valence electrons. The minimum absolute atomic E-state index is 0.136. The van der Waals surface area contributed by atoms with E-state index in [1.165, 1.54) is 4.31 Å². The second-order valence-corrected chi connectivity index (χ2v) is 11.4. The molecule has 1 N–H and O–H groups in total. The Morgan fingerprint density at radius 2 is 1.73 bits per heavy atom. The van der Waals surface area contributed by atoms with Gasteiger partial charge in [-0.3, -0.25) is 13.9 Å². The Kier molecular flexibility index (Phi) is 8.17. The average Bonchev–Trinajstić information content (AvgIpc) is 3.11. The molecule has 1 atom stereocenters. The van der Waals surface area contributed by atoms with Gasteiger partial charge in [-0.2, -0.15) is 0 Å². The fourth-order valence-electron chi connectivity index (χ4n) is 4.81. The summed E-state index contributed by atoms with van der Waals surface area (Å²) in [6.07, 6.45) is 2.33. The van der Waals surface area contributed by atoms with Crippen LogP contribution in [0.3, 0.4) is 0 Å². The number of anilines is 1. The van der Waals surface area contributed by atoms with Crippen molar-refractivity contribution in [1.29, 1.82) is 0 Å². The van der Waals surface area contributed by atoms with Gasteiger partial charge in [0.25, 0.3) is 10.0 Å². The van der Waals surface area contributed by atoms with Gasteiger partial charge in [0.05, 0.1) is 10.6 Å². The van der Waals surface area contributed by atoms with E-state index in [0.717, 1.165) is 34.7 Å². The zero-order valence-corrected chi connectivity index (χ0v) is 22.6. The van der Waals surface area contributed by atoms with E-state index < -0.39 is 16.1 Å². The fraction of sp³-hybridized carbons (Fsp3) is 0.379. The van der Waals surface area contributed by atoms with Gasteiger partial charge in [-0.15, -0.1) is 0 Å². The highest BCUT2D eigenvalue weighted by atomic mass is 32.2. The van der Waals surface area contributed by atoms with Crippen LogP contribution in [0.2, 0.25) is 0 Å². The van der Waals surface area contributed by atoms with Crippen molar-refractivity contribution in [2.24, 2.45) is 0 Å². The second kappa shape index (κ2) is 11.3. The highest BCUT2D eigenvalue weighted by Crippen LogP contribution is 2.42. The summed E-state index contributed by atoms with van der Waals surface area (Å²) in [6.45, 7) is 6.88. The zero-order chi connectivity index (χ0) is 26.6. The van der Waals surface area contributed by atoms with Crippen molar-refractivity contribution in [3.8, 4) is 0 Å². The zero-order valence-electron chi connectivity index (χ0n) is 21.7. The van der Waals surface area contributed by atoms with Crippen molar-refractivity contribution < 1.29 is 18.0 Å². The summed E-state index contributed by atoms with van der Waals surface area (Å²) in [7, 11) is -3.67. The SMILES string of the molecule is CCCCNC(=O)[C@@H](C)N(Cc1ccccc1C)C(=O)CCCN1c2cccc3cccc(c23)S1(=O)=O. The molecule has 0 saturated carbocycles. The Morgan fingerprint density at radius 1 is 1.00 bits per heavy atom. The molecule has 0 saturated heterocycles. The first-order valence-electron chi connectivity index (χ1n) is 12.9. The predicted octanol–water partition coefficient (Wildman–Crippen LogP) is 4.77. The lowest BCUT2D eigenvalue weighted by molar-refractivity contribution is -0.140. The fourth-order valence-corrected chi connectivity index (χ4v) is 6.56. The third-order valence-corrected chi connectivity index (χ3v) is 8.89. The van der Waals surface area contributed by atoms with Gasteiger partial charge in [-0.05, 0) is 55.3 Å². The molecular formula is C29H35N3O4S. The largest absolute Gasteiger partial charge is 0.354 e. The first-order chi connectivity index (χ1) is 17.8. The van der Waals surface area contributed by atoms with E-state index in [1.54, 1.807) is 24.0 Å². The van der Waals surface area contributed by atoms with Crippen molar-refractivity contribution in [3.05, 3.63) is 71.8 Å². The number of carbonyl (C=O) groups is 2. The van der Waals surface area contributed by atoms with Gasteiger partial charge in [0, 0.05) is 31.4 Å². The Balaban J connectivity index is 1.48. The molecule has 7 nitrogen and oxygen atoms in total. The Bertz CT molecular complexity index is 1400. The van der Waals surface area contributed by atoms with Crippen LogP contribution < -0.4 is 9.62 Å². The maximum absolute atomic E-state index is 13.5. The normalized spacial score (nSPS) is 14.5. The van der Waals surface area contributed by atoms with E-state index in [4.69, 9.17) is 0 Å². The van der Waals surface area contributed by atoms with Crippen molar-refractivity contribution in [2.75, 3.05) is 17.4 Å². The van der Waals surface area contributed by atoms with Crippen molar-refractivity contribution in [3.63, 3.8) is 0 Å². The quantitative estimate of drug-likeness (QED) is 0.368. The van der Waals surface area contributed by atoms with E-state index in [1.807, 2.05) is 55.5 Å². The van der Waals surface area contributed by atoms with Gasteiger partial charge in [0.1, 0.15) is 6.04 Å². The van der Waals surface area contributed by atoms with Crippen LogP contribution in [0, 0.1) is 6.92 Å². The molecule has 8 heteroatoms. The van der Waals surface area contributed by atoms with Crippen molar-refractivity contribution >= 4 is 38.3 Å². The number of benzene rings is 3. The number of hydrogen-bond donors (Lipinski definition) is 1. The first kappa shape index (κ1) is 26.7. The maximum atomic E-state index is 13.5. The third-order valence-electron chi connectivity index (χ3n) is 7.03. The molecule has 1 aliphatic rings. The van der Waals surface area contributed by atoms with Crippen LogP contribution >= 0.6 is 0 Å². The summed E-state index contributed by atoms with van der Waals surface area (Å²) in [4.78, 5) is 28.2.